The summed E-state index contributed by atoms with van der Waals surface area (Å²) < 4.78 is 15.0. The molecule has 2 nitrogen and oxygen atoms in total. The Hall–Kier alpha value is -0.217. The van der Waals surface area contributed by atoms with Crippen LogP contribution in [0, 0.1) is 13.3 Å². The molecule has 0 saturated heterocycles. The number of rotatable bonds is 1. The van der Waals surface area contributed by atoms with Crippen LogP contribution in [0.25, 0.3) is 0 Å². The molecule has 0 spiro atoms. The molecule has 17 heavy (non-hydrogen) atoms. The van der Waals surface area contributed by atoms with E-state index in [-0.39, 0.29) is 25.4 Å². The Morgan fingerprint density at radius 1 is 0.941 bits per heavy atom. The Bertz CT molecular complexity index is 225. The summed E-state index contributed by atoms with van der Waals surface area (Å²) in [5.74, 6) is 0. The largest absolute Gasteiger partial charge is 5.00 e. The van der Waals surface area contributed by atoms with Gasteiger partial charge >= 0.3 is 39.7 Å². The van der Waals surface area contributed by atoms with Crippen LogP contribution in [-0.2, 0) is 26.4 Å². The SMILES string of the molecule is C[Si](C)[Si](C)(C)C.[C-]#[O+].[C-]#[O+].[Fe+5].c1cc[cH-]c1. The standard InChI is InChI=1S/C5H15Si2.C5H5.2CO.Fe/c1-6(2)7(3,4)5;1-2-4-5-3-1;2*1-2;/h1-5H3;1-5H;;;/q;-1;;;+5. The molecule has 0 heterocycles. The molecule has 0 atom stereocenters. The van der Waals surface area contributed by atoms with E-state index in [9.17, 15) is 0 Å². The van der Waals surface area contributed by atoms with Gasteiger partial charge in [0.1, 0.15) is 0 Å². The van der Waals surface area contributed by atoms with Crippen molar-refractivity contribution >= 4 is 15.9 Å². The van der Waals surface area contributed by atoms with Gasteiger partial charge in [0.05, 0.1) is 0 Å². The van der Waals surface area contributed by atoms with Crippen LogP contribution in [0.4, 0.5) is 0 Å². The van der Waals surface area contributed by atoms with Crippen LogP contribution < -0.4 is 0 Å². The smallest absolute Gasteiger partial charge is 0.214 e. The molecule has 0 unspecified atom stereocenters. The molecular weight excluding hydrogens is 288 g/mol. The normalized spacial score (nSPS) is 7.88. The van der Waals surface area contributed by atoms with Crippen LogP contribution in [0.2, 0.25) is 32.7 Å². The summed E-state index contributed by atoms with van der Waals surface area (Å²) in [5, 5.41) is 0. The van der Waals surface area contributed by atoms with Crippen molar-refractivity contribution < 1.29 is 26.4 Å². The predicted molar refractivity (Wildman–Crippen MR) is 70.7 cm³/mol. The van der Waals surface area contributed by atoms with Crippen molar-refractivity contribution in [1.82, 2.24) is 0 Å². The topological polar surface area (TPSA) is 39.8 Å². The van der Waals surface area contributed by atoms with E-state index < -0.39 is 7.59 Å². The van der Waals surface area contributed by atoms with E-state index in [0.717, 1.165) is 0 Å². The Kier molecular flexibility index (Phi) is 27.3. The minimum absolute atomic E-state index is 0. The molecular formula is C12H20FeO2Si2+4. The van der Waals surface area contributed by atoms with Crippen LogP contribution >= 0.6 is 0 Å². The van der Waals surface area contributed by atoms with Crippen LogP contribution in [0.15, 0.2) is 30.3 Å². The molecule has 0 aliphatic carbocycles. The third-order valence-electron chi connectivity index (χ3n) is 2.06. The summed E-state index contributed by atoms with van der Waals surface area (Å²) in [6.45, 7) is 21.2. The van der Waals surface area contributed by atoms with Crippen LogP contribution in [0.5, 0.6) is 0 Å². The molecule has 0 aliphatic rings. The molecule has 0 aromatic heterocycles. The summed E-state index contributed by atoms with van der Waals surface area (Å²) >= 11 is 0. The first kappa shape index (κ1) is 25.6. The van der Waals surface area contributed by atoms with Crippen LogP contribution in [-0.4, -0.2) is 15.9 Å². The van der Waals surface area contributed by atoms with Crippen molar-refractivity contribution in [2.24, 2.45) is 0 Å². The van der Waals surface area contributed by atoms with E-state index >= 15 is 0 Å². The summed E-state index contributed by atoms with van der Waals surface area (Å²) in [4.78, 5) is 0. The average molecular weight is 308 g/mol. The Morgan fingerprint density at radius 3 is 1.24 bits per heavy atom. The van der Waals surface area contributed by atoms with Gasteiger partial charge in [-0.25, -0.2) is 12.1 Å². The van der Waals surface area contributed by atoms with E-state index in [2.05, 4.69) is 46.0 Å². The van der Waals surface area contributed by atoms with E-state index in [1.165, 1.54) is 0 Å². The van der Waals surface area contributed by atoms with Gasteiger partial charge in [-0.05, 0) is 0 Å². The molecule has 0 fully saturated rings. The van der Waals surface area contributed by atoms with Crippen LogP contribution in [0.3, 0.4) is 0 Å². The second-order valence-corrected chi connectivity index (χ2v) is 18.2. The quantitative estimate of drug-likeness (QED) is 0.433. The fraction of sp³-hybridized carbons (Fsp3) is 0.417. The Labute approximate surface area is 118 Å². The van der Waals surface area contributed by atoms with Gasteiger partial charge in [0, 0.05) is 15.9 Å². The van der Waals surface area contributed by atoms with Gasteiger partial charge in [0.25, 0.3) is 0 Å². The second kappa shape index (κ2) is 18.2. The number of hydrogen-bond donors (Lipinski definition) is 0. The zero-order valence-corrected chi connectivity index (χ0v) is 14.2. The zero-order chi connectivity index (χ0) is 13.6. The van der Waals surface area contributed by atoms with Crippen LogP contribution in [0.1, 0.15) is 0 Å². The average Bonchev–Trinajstić information content (AvgIpc) is 2.80. The van der Waals surface area contributed by atoms with Gasteiger partial charge in [-0.2, -0.15) is 18.2 Å². The second-order valence-electron chi connectivity index (χ2n) is 4.21. The predicted octanol–water partition coefficient (Wildman–Crippen LogP) is 3.49. The molecule has 1 aromatic carbocycles. The van der Waals surface area contributed by atoms with Crippen molar-refractivity contribution in [3.8, 4) is 0 Å². The maximum absolute atomic E-state index is 7.50. The molecule has 0 amide bonds. The molecule has 0 saturated carbocycles. The molecule has 2 radical (unpaired) electrons. The summed E-state index contributed by atoms with van der Waals surface area (Å²) in [6.07, 6.45) is 0. The third kappa shape index (κ3) is 25.8. The molecule has 5 heteroatoms. The van der Waals surface area contributed by atoms with E-state index in [0.29, 0.717) is 0 Å². The van der Waals surface area contributed by atoms with Crippen molar-refractivity contribution in [3.05, 3.63) is 43.6 Å². The molecule has 0 bridgehead atoms. The van der Waals surface area contributed by atoms with Crippen molar-refractivity contribution in [3.63, 3.8) is 0 Å². The monoisotopic (exact) mass is 308 g/mol. The fourth-order valence-corrected chi connectivity index (χ4v) is 0.321. The van der Waals surface area contributed by atoms with E-state index in [4.69, 9.17) is 9.30 Å². The maximum Gasteiger partial charge on any atom is 5.00 e. The molecule has 1 aromatic rings. The molecule has 0 aliphatic heterocycles. The summed E-state index contributed by atoms with van der Waals surface area (Å²) in [7, 11) is -0.544. The minimum atomic E-state index is -0.633. The van der Waals surface area contributed by atoms with Gasteiger partial charge in [-0.1, -0.05) is 32.7 Å². The van der Waals surface area contributed by atoms with Gasteiger partial charge in [0.2, 0.25) is 0 Å². The zero-order valence-electron chi connectivity index (χ0n) is 11.1. The van der Waals surface area contributed by atoms with Gasteiger partial charge in [-0.3, -0.25) is 0 Å². The Morgan fingerprint density at radius 2 is 1.18 bits per heavy atom. The Balaban J connectivity index is -0.0000000747. The number of hydrogen-bond acceptors (Lipinski definition) is 0. The molecule has 1 rings (SSSR count). The van der Waals surface area contributed by atoms with E-state index in [1.54, 1.807) is 0 Å². The fourth-order valence-electron chi connectivity index (χ4n) is 0.321. The first-order chi connectivity index (χ1) is 7.44. The van der Waals surface area contributed by atoms with Gasteiger partial charge in [0.15, 0.2) is 0 Å². The van der Waals surface area contributed by atoms with Gasteiger partial charge in [-0.15, -0.1) is 0 Å². The van der Waals surface area contributed by atoms with Crippen molar-refractivity contribution in [2.75, 3.05) is 0 Å². The minimum Gasteiger partial charge on any atom is -0.214 e. The van der Waals surface area contributed by atoms with E-state index in [1.807, 2.05) is 30.3 Å². The summed E-state index contributed by atoms with van der Waals surface area (Å²) in [5.41, 5.74) is 0. The van der Waals surface area contributed by atoms with Gasteiger partial charge < -0.3 is 0 Å². The van der Waals surface area contributed by atoms with Crippen molar-refractivity contribution in [1.29, 1.82) is 0 Å². The third-order valence-corrected chi connectivity index (χ3v) is 14.1. The molecule has 0 N–H and O–H groups in total. The maximum atomic E-state index is 7.50. The first-order valence-electron chi connectivity index (χ1n) is 4.82. The first-order valence-corrected chi connectivity index (χ1v) is 11.8. The summed E-state index contributed by atoms with van der Waals surface area (Å²) in [6, 6.07) is 10.0. The molecule has 92 valence electrons. The van der Waals surface area contributed by atoms with Crippen molar-refractivity contribution in [2.45, 2.75) is 32.7 Å².